The molecule has 1 aromatic heterocycles. The molecule has 102 valence electrons. The highest BCUT2D eigenvalue weighted by Gasteiger charge is 2.15. The van der Waals surface area contributed by atoms with E-state index in [2.05, 4.69) is 43.2 Å². The molecular weight excluding hydrogens is 256 g/mol. The zero-order chi connectivity index (χ0) is 13.8. The smallest absolute Gasteiger partial charge is 0.130 e. The fourth-order valence-electron chi connectivity index (χ4n) is 2.45. The average molecular weight is 277 g/mol. The van der Waals surface area contributed by atoms with Crippen molar-refractivity contribution in [2.45, 2.75) is 46.1 Å². The van der Waals surface area contributed by atoms with Gasteiger partial charge in [0.1, 0.15) is 5.15 Å². The number of rotatable bonds is 5. The summed E-state index contributed by atoms with van der Waals surface area (Å²) in [6, 6.07) is 10.5. The van der Waals surface area contributed by atoms with Crippen LogP contribution < -0.4 is 0 Å². The lowest BCUT2D eigenvalue weighted by molar-refractivity contribution is 0.575. The average Bonchev–Trinajstić information content (AvgIpc) is 2.66. The molecule has 1 heterocycles. The largest absolute Gasteiger partial charge is 0.253 e. The molecule has 0 unspecified atom stereocenters. The van der Waals surface area contributed by atoms with E-state index in [1.54, 1.807) is 0 Å². The first-order valence-electron chi connectivity index (χ1n) is 6.86. The Labute approximate surface area is 120 Å². The number of nitrogens with zero attached hydrogens (tertiary/aromatic N) is 2. The van der Waals surface area contributed by atoms with Crippen molar-refractivity contribution in [3.05, 3.63) is 52.3 Å². The Kier molecular flexibility index (Phi) is 4.65. The molecule has 0 saturated heterocycles. The van der Waals surface area contributed by atoms with Gasteiger partial charge in [-0.3, -0.25) is 4.68 Å². The van der Waals surface area contributed by atoms with E-state index in [1.165, 1.54) is 11.1 Å². The van der Waals surface area contributed by atoms with E-state index in [0.717, 1.165) is 30.2 Å². The van der Waals surface area contributed by atoms with E-state index in [9.17, 15) is 0 Å². The maximum atomic E-state index is 6.41. The number of hydrogen-bond acceptors (Lipinski definition) is 1. The lowest BCUT2D eigenvalue weighted by Crippen LogP contribution is -2.02. The summed E-state index contributed by atoms with van der Waals surface area (Å²) in [5.74, 6) is 0.426. The molecule has 2 rings (SSSR count). The van der Waals surface area contributed by atoms with Gasteiger partial charge < -0.3 is 0 Å². The second-order valence-electron chi connectivity index (χ2n) is 5.26. The predicted molar refractivity (Wildman–Crippen MR) is 80.8 cm³/mol. The van der Waals surface area contributed by atoms with Crippen LogP contribution in [0.15, 0.2) is 30.3 Å². The molecule has 0 aliphatic carbocycles. The zero-order valence-corrected chi connectivity index (χ0v) is 12.6. The maximum Gasteiger partial charge on any atom is 0.130 e. The van der Waals surface area contributed by atoms with Crippen LogP contribution in [0.25, 0.3) is 0 Å². The van der Waals surface area contributed by atoms with E-state index >= 15 is 0 Å². The highest BCUT2D eigenvalue weighted by molar-refractivity contribution is 6.30. The van der Waals surface area contributed by atoms with Gasteiger partial charge in [-0.25, -0.2) is 0 Å². The molecule has 3 heteroatoms. The molecule has 0 N–H and O–H groups in total. The van der Waals surface area contributed by atoms with Gasteiger partial charge in [0.05, 0.1) is 5.69 Å². The molecule has 0 saturated carbocycles. The van der Waals surface area contributed by atoms with Gasteiger partial charge in [-0.15, -0.1) is 0 Å². The summed E-state index contributed by atoms with van der Waals surface area (Å²) in [6.45, 7) is 7.23. The van der Waals surface area contributed by atoms with Crippen molar-refractivity contribution in [2.75, 3.05) is 0 Å². The molecule has 0 fully saturated rings. The summed E-state index contributed by atoms with van der Waals surface area (Å²) in [6.07, 6.45) is 2.12. The fourth-order valence-corrected chi connectivity index (χ4v) is 2.93. The van der Waals surface area contributed by atoms with Crippen molar-refractivity contribution in [3.8, 4) is 0 Å². The minimum atomic E-state index is 0.426. The lowest BCUT2D eigenvalue weighted by Gasteiger charge is -2.06. The third kappa shape index (κ3) is 3.38. The van der Waals surface area contributed by atoms with Crippen LogP contribution in [-0.4, -0.2) is 9.78 Å². The van der Waals surface area contributed by atoms with Gasteiger partial charge >= 0.3 is 0 Å². The van der Waals surface area contributed by atoms with Crippen LogP contribution in [0.4, 0.5) is 0 Å². The summed E-state index contributed by atoms with van der Waals surface area (Å²) < 4.78 is 1.94. The van der Waals surface area contributed by atoms with Gasteiger partial charge in [0.15, 0.2) is 0 Å². The molecular formula is C16H21ClN2. The van der Waals surface area contributed by atoms with Crippen LogP contribution >= 0.6 is 11.6 Å². The maximum absolute atomic E-state index is 6.41. The minimum Gasteiger partial charge on any atom is -0.253 e. The van der Waals surface area contributed by atoms with Crippen LogP contribution in [0.1, 0.15) is 43.0 Å². The van der Waals surface area contributed by atoms with Crippen LogP contribution in [-0.2, 0) is 13.0 Å². The monoisotopic (exact) mass is 276 g/mol. The van der Waals surface area contributed by atoms with Gasteiger partial charge in [-0.2, -0.15) is 5.10 Å². The first-order chi connectivity index (χ1) is 9.09. The summed E-state index contributed by atoms with van der Waals surface area (Å²) in [7, 11) is 0. The zero-order valence-electron chi connectivity index (χ0n) is 11.9. The number of benzene rings is 1. The molecule has 0 amide bonds. The van der Waals surface area contributed by atoms with Crippen LogP contribution in [0.2, 0.25) is 5.15 Å². The number of hydrogen-bond donors (Lipinski definition) is 0. The van der Waals surface area contributed by atoms with E-state index in [4.69, 9.17) is 11.6 Å². The first-order valence-corrected chi connectivity index (χ1v) is 7.24. The number of aromatic nitrogens is 2. The van der Waals surface area contributed by atoms with Crippen molar-refractivity contribution >= 4 is 11.6 Å². The van der Waals surface area contributed by atoms with Gasteiger partial charge in [-0.1, -0.05) is 55.8 Å². The molecule has 1 aromatic carbocycles. The predicted octanol–water partition coefficient (Wildman–Crippen LogP) is 4.60. The number of halogens is 1. The van der Waals surface area contributed by atoms with Gasteiger partial charge in [0.25, 0.3) is 0 Å². The molecule has 19 heavy (non-hydrogen) atoms. The summed E-state index contributed by atoms with van der Waals surface area (Å²) in [5, 5.41) is 5.35. The van der Waals surface area contributed by atoms with E-state index in [-0.39, 0.29) is 0 Å². The summed E-state index contributed by atoms with van der Waals surface area (Å²) in [5.41, 5.74) is 3.60. The van der Waals surface area contributed by atoms with E-state index < -0.39 is 0 Å². The standard InChI is InChI=1S/C16H21ClN2/c1-12(2)15-13(3)18-19(16(15)17)11-7-10-14-8-5-4-6-9-14/h4-6,8-9,12H,7,10-11H2,1-3H3. The van der Waals surface area contributed by atoms with E-state index in [0.29, 0.717) is 5.92 Å². The first kappa shape index (κ1) is 14.1. The third-order valence-electron chi connectivity index (χ3n) is 3.36. The Morgan fingerprint density at radius 2 is 1.89 bits per heavy atom. The Hall–Kier alpha value is -1.28. The van der Waals surface area contributed by atoms with Gasteiger partial charge in [0.2, 0.25) is 0 Å². The lowest BCUT2D eigenvalue weighted by atomic mass is 10.1. The molecule has 0 aliphatic rings. The molecule has 0 spiro atoms. The molecule has 0 atom stereocenters. The van der Waals surface area contributed by atoms with Gasteiger partial charge in [-0.05, 0) is 31.2 Å². The van der Waals surface area contributed by atoms with Crippen molar-refractivity contribution in [2.24, 2.45) is 0 Å². The molecule has 0 aliphatic heterocycles. The quantitative estimate of drug-likeness (QED) is 0.780. The summed E-state index contributed by atoms with van der Waals surface area (Å²) >= 11 is 6.41. The SMILES string of the molecule is Cc1nn(CCCc2ccccc2)c(Cl)c1C(C)C. The fraction of sp³-hybridized carbons (Fsp3) is 0.438. The summed E-state index contributed by atoms with van der Waals surface area (Å²) in [4.78, 5) is 0. The van der Waals surface area contributed by atoms with E-state index in [1.807, 2.05) is 17.7 Å². The Morgan fingerprint density at radius 3 is 2.47 bits per heavy atom. The van der Waals surface area contributed by atoms with Crippen LogP contribution in [0, 0.1) is 6.92 Å². The Bertz CT molecular complexity index is 529. The molecule has 2 nitrogen and oxygen atoms in total. The third-order valence-corrected chi connectivity index (χ3v) is 3.76. The van der Waals surface area contributed by atoms with Crippen molar-refractivity contribution in [3.63, 3.8) is 0 Å². The van der Waals surface area contributed by atoms with Crippen molar-refractivity contribution < 1.29 is 0 Å². The van der Waals surface area contributed by atoms with Gasteiger partial charge in [0, 0.05) is 12.1 Å². The van der Waals surface area contributed by atoms with Crippen LogP contribution in [0.3, 0.4) is 0 Å². The molecule has 0 radical (unpaired) electrons. The topological polar surface area (TPSA) is 17.8 Å². The van der Waals surface area contributed by atoms with Crippen molar-refractivity contribution in [1.29, 1.82) is 0 Å². The normalized spacial score (nSPS) is 11.2. The minimum absolute atomic E-state index is 0.426. The van der Waals surface area contributed by atoms with Crippen molar-refractivity contribution in [1.82, 2.24) is 9.78 Å². The highest BCUT2D eigenvalue weighted by atomic mass is 35.5. The number of aryl methyl sites for hydroxylation is 3. The second kappa shape index (κ2) is 6.25. The second-order valence-corrected chi connectivity index (χ2v) is 5.61. The Morgan fingerprint density at radius 1 is 1.21 bits per heavy atom. The highest BCUT2D eigenvalue weighted by Crippen LogP contribution is 2.27. The molecule has 0 bridgehead atoms. The Balaban J connectivity index is 1.99. The van der Waals surface area contributed by atoms with Crippen LogP contribution in [0.5, 0.6) is 0 Å². The molecule has 2 aromatic rings.